The highest BCUT2D eigenvalue weighted by Crippen LogP contribution is 2.48. The number of pyridine rings is 1. The summed E-state index contributed by atoms with van der Waals surface area (Å²) in [6.07, 6.45) is 2.72. The lowest BCUT2D eigenvalue weighted by Gasteiger charge is -2.44. The van der Waals surface area contributed by atoms with E-state index >= 15 is 0 Å². The number of hydrogen-bond acceptors (Lipinski definition) is 3. The summed E-state index contributed by atoms with van der Waals surface area (Å²) in [5, 5.41) is 12.8. The monoisotopic (exact) mass is 260 g/mol. The number of aliphatic carboxylic acids is 1. The molecular weight excluding hydrogens is 244 g/mol. The van der Waals surface area contributed by atoms with E-state index in [4.69, 9.17) is 5.53 Å². The van der Waals surface area contributed by atoms with Crippen LogP contribution in [-0.2, 0) is 16.8 Å². The third-order valence-electron chi connectivity index (χ3n) is 4.06. The summed E-state index contributed by atoms with van der Waals surface area (Å²) in [5.41, 5.74) is 9.45. The lowest BCUT2D eigenvalue weighted by Crippen LogP contribution is -2.44. The Balaban J connectivity index is 2.33. The Morgan fingerprint density at radius 1 is 1.63 bits per heavy atom. The van der Waals surface area contributed by atoms with Crippen molar-refractivity contribution in [2.24, 2.45) is 11.0 Å². The highest BCUT2D eigenvalue weighted by molar-refractivity contribution is 5.72. The quantitative estimate of drug-likeness (QED) is 0.500. The van der Waals surface area contributed by atoms with Gasteiger partial charge in [-0.3, -0.25) is 9.78 Å². The van der Waals surface area contributed by atoms with Crippen molar-refractivity contribution in [3.05, 3.63) is 40.0 Å². The fourth-order valence-corrected chi connectivity index (χ4v) is 2.65. The normalized spacial score (nSPS) is 17.9. The van der Waals surface area contributed by atoms with Crippen LogP contribution >= 0.6 is 0 Å². The molecule has 1 aliphatic rings. The maximum atomic E-state index is 11.3. The van der Waals surface area contributed by atoms with Crippen molar-refractivity contribution >= 4 is 5.97 Å². The molecule has 1 heterocycles. The molecule has 1 N–H and O–H groups in total. The Bertz CT molecular complexity index is 533. The molecule has 6 nitrogen and oxygen atoms in total. The Kier molecular flexibility index (Phi) is 3.71. The van der Waals surface area contributed by atoms with Gasteiger partial charge in [0.1, 0.15) is 0 Å². The summed E-state index contributed by atoms with van der Waals surface area (Å²) in [4.78, 5) is 18.5. The molecule has 0 amide bonds. The van der Waals surface area contributed by atoms with E-state index in [1.807, 2.05) is 12.1 Å². The topological polar surface area (TPSA) is 99.0 Å². The summed E-state index contributed by atoms with van der Waals surface area (Å²) in [6, 6.07) is 5.51. The Morgan fingerprint density at radius 2 is 2.37 bits per heavy atom. The van der Waals surface area contributed by atoms with Crippen molar-refractivity contribution in [2.45, 2.75) is 38.1 Å². The molecule has 1 atom stereocenters. The molecule has 2 rings (SSSR count). The highest BCUT2D eigenvalue weighted by atomic mass is 16.4. The molecule has 0 bridgehead atoms. The van der Waals surface area contributed by atoms with Gasteiger partial charge in [-0.15, -0.1) is 0 Å². The molecule has 1 aromatic heterocycles. The zero-order valence-corrected chi connectivity index (χ0v) is 10.8. The molecule has 19 heavy (non-hydrogen) atoms. The van der Waals surface area contributed by atoms with Gasteiger partial charge in [0.2, 0.25) is 0 Å². The molecule has 1 saturated carbocycles. The van der Waals surface area contributed by atoms with Crippen LogP contribution in [0.4, 0.5) is 0 Å². The summed E-state index contributed by atoms with van der Waals surface area (Å²) in [7, 11) is 0. The number of nitrogens with zero attached hydrogens (tertiary/aromatic N) is 4. The number of carbonyl (C=O) groups is 1. The van der Waals surface area contributed by atoms with Crippen LogP contribution in [0.2, 0.25) is 0 Å². The first-order chi connectivity index (χ1) is 9.10. The van der Waals surface area contributed by atoms with Crippen molar-refractivity contribution < 1.29 is 9.90 Å². The first kappa shape index (κ1) is 13.4. The smallest absolute Gasteiger partial charge is 0.307 e. The molecule has 1 aliphatic carbocycles. The lowest BCUT2D eigenvalue weighted by molar-refractivity contribution is -0.145. The summed E-state index contributed by atoms with van der Waals surface area (Å²) in [6.45, 7) is 1.94. The van der Waals surface area contributed by atoms with Gasteiger partial charge in [0.05, 0.1) is 12.5 Å². The molecule has 1 unspecified atom stereocenters. The van der Waals surface area contributed by atoms with E-state index in [1.165, 1.54) is 0 Å². The number of carboxylic acids is 1. The van der Waals surface area contributed by atoms with Gasteiger partial charge in [0.15, 0.2) is 0 Å². The average molecular weight is 260 g/mol. The van der Waals surface area contributed by atoms with E-state index in [1.54, 1.807) is 13.0 Å². The highest BCUT2D eigenvalue weighted by Gasteiger charge is 2.47. The van der Waals surface area contributed by atoms with E-state index in [-0.39, 0.29) is 12.0 Å². The minimum Gasteiger partial charge on any atom is -0.481 e. The zero-order valence-electron chi connectivity index (χ0n) is 10.8. The number of aromatic nitrogens is 1. The van der Waals surface area contributed by atoms with Gasteiger partial charge in [0, 0.05) is 21.7 Å². The molecular formula is C13H16N4O2. The minimum atomic E-state index is -0.790. The van der Waals surface area contributed by atoms with Crippen LogP contribution in [0.3, 0.4) is 0 Å². The van der Waals surface area contributed by atoms with E-state index < -0.39 is 11.9 Å². The molecule has 1 fully saturated rings. The van der Waals surface area contributed by atoms with Gasteiger partial charge in [-0.05, 0) is 30.5 Å². The number of hydrogen-bond donors (Lipinski definition) is 1. The van der Waals surface area contributed by atoms with Gasteiger partial charge < -0.3 is 5.11 Å². The van der Waals surface area contributed by atoms with Gasteiger partial charge in [-0.25, -0.2) is 0 Å². The van der Waals surface area contributed by atoms with Crippen molar-refractivity contribution in [3.63, 3.8) is 0 Å². The largest absolute Gasteiger partial charge is 0.481 e. The summed E-state index contributed by atoms with van der Waals surface area (Å²) < 4.78 is 0. The van der Waals surface area contributed by atoms with Crippen molar-refractivity contribution in [1.29, 1.82) is 0 Å². The van der Waals surface area contributed by atoms with Crippen molar-refractivity contribution in [1.82, 2.24) is 4.98 Å². The van der Waals surface area contributed by atoms with E-state index in [2.05, 4.69) is 15.0 Å². The summed E-state index contributed by atoms with van der Waals surface area (Å²) in [5.74, 6) is -1.24. The SMILES string of the molecule is CC(C(=O)O)C1(c2cccc(CN=[N+]=[N-])n2)CCC1. The second-order valence-corrected chi connectivity index (χ2v) is 4.97. The first-order valence-electron chi connectivity index (χ1n) is 6.30. The van der Waals surface area contributed by atoms with Crippen LogP contribution in [0.1, 0.15) is 37.6 Å². The predicted molar refractivity (Wildman–Crippen MR) is 69.4 cm³/mol. The molecule has 0 radical (unpaired) electrons. The van der Waals surface area contributed by atoms with Crippen LogP contribution in [-0.4, -0.2) is 16.1 Å². The molecule has 100 valence electrons. The van der Waals surface area contributed by atoms with Gasteiger partial charge in [-0.1, -0.05) is 24.5 Å². The number of azide groups is 1. The third kappa shape index (κ3) is 2.39. The fraction of sp³-hybridized carbons (Fsp3) is 0.538. The van der Waals surface area contributed by atoms with Crippen molar-refractivity contribution in [2.75, 3.05) is 0 Å². The number of rotatable bonds is 5. The van der Waals surface area contributed by atoms with Gasteiger partial charge in [0.25, 0.3) is 0 Å². The Labute approximate surface area is 111 Å². The van der Waals surface area contributed by atoms with E-state index in [0.717, 1.165) is 25.0 Å². The summed E-state index contributed by atoms with van der Waals surface area (Å²) >= 11 is 0. The molecule has 0 spiro atoms. The van der Waals surface area contributed by atoms with Crippen LogP contribution in [0.15, 0.2) is 23.3 Å². The fourth-order valence-electron chi connectivity index (χ4n) is 2.65. The average Bonchev–Trinajstić information content (AvgIpc) is 2.35. The molecule has 0 aliphatic heterocycles. The van der Waals surface area contributed by atoms with Crippen LogP contribution in [0, 0.1) is 5.92 Å². The van der Waals surface area contributed by atoms with Crippen molar-refractivity contribution in [3.8, 4) is 0 Å². The van der Waals surface area contributed by atoms with Gasteiger partial charge >= 0.3 is 5.97 Å². The number of carboxylic acid groups (broad SMARTS) is 1. The van der Waals surface area contributed by atoms with Crippen LogP contribution < -0.4 is 0 Å². The first-order valence-corrected chi connectivity index (χ1v) is 6.30. The van der Waals surface area contributed by atoms with E-state index in [9.17, 15) is 9.90 Å². The molecule has 0 aromatic carbocycles. The van der Waals surface area contributed by atoms with Crippen LogP contribution in [0.5, 0.6) is 0 Å². The zero-order chi connectivity index (χ0) is 13.9. The second-order valence-electron chi connectivity index (χ2n) is 4.97. The second kappa shape index (κ2) is 5.28. The standard InChI is InChI=1S/C13H16N4O2/c1-9(12(18)19)13(6-3-7-13)11-5-2-4-10(16-11)8-15-17-14/h2,4-5,9H,3,6-8H2,1H3,(H,18,19). The minimum absolute atomic E-state index is 0.196. The third-order valence-corrected chi connectivity index (χ3v) is 4.06. The maximum absolute atomic E-state index is 11.3. The molecule has 6 heteroatoms. The molecule has 1 aromatic rings. The Hall–Kier alpha value is -2.07. The Morgan fingerprint density at radius 3 is 2.89 bits per heavy atom. The predicted octanol–water partition coefficient (Wildman–Crippen LogP) is 3.03. The maximum Gasteiger partial charge on any atom is 0.307 e. The van der Waals surface area contributed by atoms with Gasteiger partial charge in [-0.2, -0.15) is 0 Å². The molecule has 0 saturated heterocycles. The lowest BCUT2D eigenvalue weighted by atomic mass is 9.59. The van der Waals surface area contributed by atoms with Crippen LogP contribution in [0.25, 0.3) is 10.4 Å². The van der Waals surface area contributed by atoms with E-state index in [0.29, 0.717) is 5.69 Å².